The Kier molecular flexibility index (Phi) is 4.69. The lowest BCUT2D eigenvalue weighted by molar-refractivity contribution is 0.436. The maximum absolute atomic E-state index is 5.76. The van der Waals surface area contributed by atoms with Crippen molar-refractivity contribution in [1.29, 1.82) is 0 Å². The summed E-state index contributed by atoms with van der Waals surface area (Å²) in [7, 11) is 0. The van der Waals surface area contributed by atoms with Gasteiger partial charge in [0.25, 0.3) is 0 Å². The first-order chi connectivity index (χ1) is 9.60. The summed E-state index contributed by atoms with van der Waals surface area (Å²) in [6.07, 6.45) is 1.82. The number of nitrogens with zero attached hydrogens (tertiary/aromatic N) is 2. The molecular weight excluding hydrogens is 250 g/mol. The van der Waals surface area contributed by atoms with Gasteiger partial charge in [-0.2, -0.15) is 4.98 Å². The molecule has 4 heteroatoms. The predicted molar refractivity (Wildman–Crippen MR) is 80.1 cm³/mol. The fourth-order valence-corrected chi connectivity index (χ4v) is 1.97. The number of nitrogens with one attached hydrogen (secondary N) is 1. The standard InChI is InChI=1S/C16H21N3O/c1-5-17-9-14-10-18-16(19-13(14)4)20-15-7-6-11(2)8-12(15)3/h6-8,10,17H,5,9H2,1-4H3. The van der Waals surface area contributed by atoms with Crippen LogP contribution in [0.15, 0.2) is 24.4 Å². The topological polar surface area (TPSA) is 47.0 Å². The lowest BCUT2D eigenvalue weighted by atomic mass is 10.1. The number of rotatable bonds is 5. The summed E-state index contributed by atoms with van der Waals surface area (Å²) in [5.41, 5.74) is 4.34. The zero-order chi connectivity index (χ0) is 14.5. The predicted octanol–water partition coefficient (Wildman–Crippen LogP) is 3.30. The van der Waals surface area contributed by atoms with Crippen molar-refractivity contribution in [2.45, 2.75) is 34.2 Å². The van der Waals surface area contributed by atoms with Crippen molar-refractivity contribution in [2.75, 3.05) is 6.54 Å². The van der Waals surface area contributed by atoms with Crippen molar-refractivity contribution >= 4 is 0 Å². The molecule has 1 N–H and O–H groups in total. The third-order valence-corrected chi connectivity index (χ3v) is 3.16. The van der Waals surface area contributed by atoms with E-state index in [0.29, 0.717) is 6.01 Å². The molecule has 0 saturated heterocycles. The smallest absolute Gasteiger partial charge is 0.322 e. The highest BCUT2D eigenvalue weighted by molar-refractivity contribution is 5.37. The Hall–Kier alpha value is -1.94. The van der Waals surface area contributed by atoms with Crippen LogP contribution in [0.4, 0.5) is 0 Å². The Morgan fingerprint density at radius 2 is 2.00 bits per heavy atom. The third kappa shape index (κ3) is 3.54. The zero-order valence-corrected chi connectivity index (χ0v) is 12.5. The monoisotopic (exact) mass is 271 g/mol. The molecule has 20 heavy (non-hydrogen) atoms. The van der Waals surface area contributed by atoms with E-state index >= 15 is 0 Å². The molecule has 0 saturated carbocycles. The molecule has 0 spiro atoms. The molecular formula is C16H21N3O. The van der Waals surface area contributed by atoms with Crippen LogP contribution >= 0.6 is 0 Å². The molecule has 0 aliphatic carbocycles. The van der Waals surface area contributed by atoms with Crippen LogP contribution in [-0.4, -0.2) is 16.5 Å². The molecule has 106 valence electrons. The average molecular weight is 271 g/mol. The Labute approximate surface area is 120 Å². The summed E-state index contributed by atoms with van der Waals surface area (Å²) in [5, 5.41) is 3.27. The van der Waals surface area contributed by atoms with E-state index in [1.54, 1.807) is 0 Å². The number of aromatic nitrogens is 2. The molecule has 0 fully saturated rings. The van der Waals surface area contributed by atoms with Crippen LogP contribution in [0.5, 0.6) is 11.8 Å². The maximum atomic E-state index is 5.76. The van der Waals surface area contributed by atoms with E-state index in [1.807, 2.05) is 32.2 Å². The number of aryl methyl sites for hydroxylation is 3. The van der Waals surface area contributed by atoms with Gasteiger partial charge in [0.2, 0.25) is 0 Å². The van der Waals surface area contributed by atoms with Crippen LogP contribution in [0.1, 0.15) is 29.3 Å². The molecule has 0 radical (unpaired) electrons. The van der Waals surface area contributed by atoms with Crippen molar-refractivity contribution in [2.24, 2.45) is 0 Å². The first kappa shape index (κ1) is 14.5. The summed E-state index contributed by atoms with van der Waals surface area (Å²) in [6.45, 7) is 9.85. The van der Waals surface area contributed by atoms with Crippen LogP contribution in [0.3, 0.4) is 0 Å². The van der Waals surface area contributed by atoms with Gasteiger partial charge in [-0.25, -0.2) is 4.98 Å². The molecule has 2 aromatic rings. The molecule has 0 aliphatic heterocycles. The molecule has 2 rings (SSSR count). The number of hydrogen-bond donors (Lipinski definition) is 1. The van der Waals surface area contributed by atoms with Gasteiger partial charge in [-0.15, -0.1) is 0 Å². The van der Waals surface area contributed by atoms with Crippen molar-refractivity contribution < 1.29 is 4.74 Å². The summed E-state index contributed by atoms with van der Waals surface area (Å²) in [6, 6.07) is 6.46. The van der Waals surface area contributed by atoms with Crippen molar-refractivity contribution in [3.8, 4) is 11.8 Å². The number of hydrogen-bond acceptors (Lipinski definition) is 4. The van der Waals surface area contributed by atoms with E-state index in [1.165, 1.54) is 5.56 Å². The SMILES string of the molecule is CCNCc1cnc(Oc2ccc(C)cc2C)nc1C. The van der Waals surface area contributed by atoms with Gasteiger partial charge in [-0.3, -0.25) is 0 Å². The van der Waals surface area contributed by atoms with Crippen molar-refractivity contribution in [3.05, 3.63) is 46.8 Å². The van der Waals surface area contributed by atoms with Gasteiger partial charge in [0, 0.05) is 24.0 Å². The van der Waals surface area contributed by atoms with Crippen LogP contribution in [-0.2, 0) is 6.54 Å². The number of ether oxygens (including phenoxy) is 1. The zero-order valence-electron chi connectivity index (χ0n) is 12.5. The highest BCUT2D eigenvalue weighted by Gasteiger charge is 2.07. The Bertz CT molecular complexity index is 596. The Balaban J connectivity index is 2.15. The second-order valence-electron chi connectivity index (χ2n) is 4.91. The van der Waals surface area contributed by atoms with Gasteiger partial charge in [0.15, 0.2) is 0 Å². The van der Waals surface area contributed by atoms with E-state index in [4.69, 9.17) is 4.74 Å². The summed E-state index contributed by atoms with van der Waals surface area (Å²) < 4.78 is 5.76. The van der Waals surface area contributed by atoms with Crippen molar-refractivity contribution in [1.82, 2.24) is 15.3 Å². The molecule has 0 atom stereocenters. The van der Waals surface area contributed by atoms with Gasteiger partial charge in [-0.1, -0.05) is 24.6 Å². The van der Waals surface area contributed by atoms with Gasteiger partial charge in [0.05, 0.1) is 0 Å². The minimum atomic E-state index is 0.398. The van der Waals surface area contributed by atoms with Gasteiger partial charge in [-0.05, 0) is 38.9 Å². The van der Waals surface area contributed by atoms with E-state index in [-0.39, 0.29) is 0 Å². The minimum absolute atomic E-state index is 0.398. The first-order valence-electron chi connectivity index (χ1n) is 6.88. The van der Waals surface area contributed by atoms with E-state index in [9.17, 15) is 0 Å². The fraction of sp³-hybridized carbons (Fsp3) is 0.375. The van der Waals surface area contributed by atoms with E-state index in [0.717, 1.165) is 35.7 Å². The molecule has 0 aliphatic rings. The maximum Gasteiger partial charge on any atom is 0.322 e. The minimum Gasteiger partial charge on any atom is -0.424 e. The van der Waals surface area contributed by atoms with E-state index < -0.39 is 0 Å². The van der Waals surface area contributed by atoms with Crippen LogP contribution in [0.25, 0.3) is 0 Å². The fourth-order valence-electron chi connectivity index (χ4n) is 1.97. The number of benzene rings is 1. The van der Waals surface area contributed by atoms with Crippen LogP contribution in [0, 0.1) is 20.8 Å². The second-order valence-corrected chi connectivity index (χ2v) is 4.91. The molecule has 0 amide bonds. The molecule has 4 nitrogen and oxygen atoms in total. The third-order valence-electron chi connectivity index (χ3n) is 3.16. The molecule has 1 aromatic carbocycles. The van der Waals surface area contributed by atoms with E-state index in [2.05, 4.69) is 35.2 Å². The molecule has 0 unspecified atom stereocenters. The van der Waals surface area contributed by atoms with Crippen LogP contribution < -0.4 is 10.1 Å². The normalized spacial score (nSPS) is 10.6. The van der Waals surface area contributed by atoms with Gasteiger partial charge in [0.1, 0.15) is 5.75 Å². The molecule has 1 heterocycles. The van der Waals surface area contributed by atoms with Gasteiger partial charge < -0.3 is 10.1 Å². The second kappa shape index (κ2) is 6.48. The quantitative estimate of drug-likeness (QED) is 0.906. The average Bonchev–Trinajstić information content (AvgIpc) is 2.41. The molecule has 1 aromatic heterocycles. The summed E-state index contributed by atoms with van der Waals surface area (Å²) >= 11 is 0. The van der Waals surface area contributed by atoms with Gasteiger partial charge >= 0.3 is 6.01 Å². The highest BCUT2D eigenvalue weighted by Crippen LogP contribution is 2.23. The Morgan fingerprint density at radius 1 is 1.20 bits per heavy atom. The van der Waals surface area contributed by atoms with Crippen LogP contribution in [0.2, 0.25) is 0 Å². The lowest BCUT2D eigenvalue weighted by Crippen LogP contribution is -2.13. The Morgan fingerprint density at radius 3 is 2.65 bits per heavy atom. The molecule has 0 bridgehead atoms. The lowest BCUT2D eigenvalue weighted by Gasteiger charge is -2.10. The summed E-state index contributed by atoms with van der Waals surface area (Å²) in [4.78, 5) is 8.69. The first-order valence-corrected chi connectivity index (χ1v) is 6.88. The summed E-state index contributed by atoms with van der Waals surface area (Å²) in [5.74, 6) is 0.800. The highest BCUT2D eigenvalue weighted by atomic mass is 16.5. The van der Waals surface area contributed by atoms with Crippen molar-refractivity contribution in [3.63, 3.8) is 0 Å². The largest absolute Gasteiger partial charge is 0.424 e.